The van der Waals surface area contributed by atoms with Crippen LogP contribution in [0.2, 0.25) is 0 Å². The van der Waals surface area contributed by atoms with Gasteiger partial charge in [-0.1, -0.05) is 194 Å². The summed E-state index contributed by atoms with van der Waals surface area (Å²) in [4.78, 5) is 15.6. The van der Waals surface area contributed by atoms with Crippen LogP contribution in [-0.4, -0.2) is 15.0 Å². The number of rotatable bonds is 4. The fourth-order valence-corrected chi connectivity index (χ4v) is 10.4. The molecule has 0 amide bonds. The van der Waals surface area contributed by atoms with Crippen LogP contribution < -0.4 is 4.74 Å². The normalized spacial score (nSPS) is 13.1. The molecule has 0 unspecified atom stereocenters. The molecule has 288 valence electrons. The Balaban J connectivity index is 1.15. The molecule has 13 rings (SSSR count). The van der Waals surface area contributed by atoms with Crippen LogP contribution in [0, 0.1) is 0 Å². The first kappa shape index (κ1) is 34.6. The molecule has 4 heteroatoms. The summed E-state index contributed by atoms with van der Waals surface area (Å²) in [6.45, 7) is 0. The first-order valence-electron chi connectivity index (χ1n) is 21.1. The van der Waals surface area contributed by atoms with Crippen molar-refractivity contribution in [1.29, 1.82) is 0 Å². The van der Waals surface area contributed by atoms with Crippen molar-refractivity contribution in [1.82, 2.24) is 15.0 Å². The van der Waals surface area contributed by atoms with Gasteiger partial charge in [-0.2, -0.15) is 0 Å². The van der Waals surface area contributed by atoms with Gasteiger partial charge in [-0.25, -0.2) is 15.0 Å². The monoisotopic (exact) mass is 789 g/mol. The summed E-state index contributed by atoms with van der Waals surface area (Å²) >= 11 is 0. The van der Waals surface area contributed by atoms with E-state index in [1.54, 1.807) is 0 Å². The van der Waals surface area contributed by atoms with E-state index in [4.69, 9.17) is 19.7 Å². The van der Waals surface area contributed by atoms with Crippen molar-refractivity contribution in [2.75, 3.05) is 0 Å². The number of para-hydroxylation sites is 2. The van der Waals surface area contributed by atoms with Crippen molar-refractivity contribution in [3.63, 3.8) is 0 Å². The molecule has 0 bridgehead atoms. The van der Waals surface area contributed by atoms with E-state index in [2.05, 4.69) is 176 Å². The third kappa shape index (κ3) is 4.92. The summed E-state index contributed by atoms with van der Waals surface area (Å²) in [6, 6.07) is 75.6. The van der Waals surface area contributed by atoms with Crippen molar-refractivity contribution in [2.24, 2.45) is 0 Å². The second-order valence-electron chi connectivity index (χ2n) is 16.2. The summed E-state index contributed by atoms with van der Waals surface area (Å²) in [5, 5.41) is 7.51. The summed E-state index contributed by atoms with van der Waals surface area (Å²) in [6.07, 6.45) is 0. The Labute approximate surface area is 358 Å². The topological polar surface area (TPSA) is 47.9 Å². The highest BCUT2D eigenvalue weighted by Gasteiger charge is 2.53. The van der Waals surface area contributed by atoms with E-state index < -0.39 is 5.41 Å². The molecule has 0 saturated carbocycles. The molecule has 0 saturated heterocycles. The van der Waals surface area contributed by atoms with Gasteiger partial charge in [-0.3, -0.25) is 0 Å². The Hall–Kier alpha value is -8.21. The number of hydrogen-bond donors (Lipinski definition) is 0. The lowest BCUT2D eigenvalue weighted by atomic mass is 9.64. The summed E-state index contributed by atoms with van der Waals surface area (Å²) < 4.78 is 6.80. The number of nitrogens with zero attached hydrogens (tertiary/aromatic N) is 3. The fraction of sp³-hybridized carbons (Fsp3) is 0.0172. The molecular weight excluding hydrogens is 755 g/mol. The van der Waals surface area contributed by atoms with Gasteiger partial charge in [0.1, 0.15) is 11.5 Å². The Morgan fingerprint density at radius 3 is 1.37 bits per heavy atom. The molecule has 0 atom stereocenters. The molecule has 10 aromatic carbocycles. The molecule has 1 aliphatic heterocycles. The summed E-state index contributed by atoms with van der Waals surface area (Å²) in [5.74, 6) is 3.58. The van der Waals surface area contributed by atoms with E-state index in [0.29, 0.717) is 17.5 Å². The molecule has 2 aliphatic rings. The van der Waals surface area contributed by atoms with Crippen LogP contribution >= 0.6 is 0 Å². The highest BCUT2D eigenvalue weighted by molar-refractivity contribution is 6.25. The quantitative estimate of drug-likeness (QED) is 0.167. The highest BCUT2D eigenvalue weighted by atomic mass is 16.5. The largest absolute Gasteiger partial charge is 0.457 e. The van der Waals surface area contributed by atoms with Crippen molar-refractivity contribution < 1.29 is 4.74 Å². The number of ether oxygens (including phenoxy) is 1. The van der Waals surface area contributed by atoms with E-state index in [0.717, 1.165) is 56.0 Å². The van der Waals surface area contributed by atoms with E-state index in [9.17, 15) is 0 Å². The SMILES string of the molecule is c1ccc(-c2nc(-c3ccccc3)nc(-c3cccc4c3-c3cccc(-c5ccc6c7ccccc7c7ccccc7c6c5)c3C43c4ccccc4Oc4ccccc43)n2)cc1. The maximum Gasteiger partial charge on any atom is 0.164 e. The number of aromatic nitrogens is 3. The van der Waals surface area contributed by atoms with Crippen LogP contribution in [0.1, 0.15) is 22.3 Å². The van der Waals surface area contributed by atoms with Gasteiger partial charge in [0.05, 0.1) is 5.41 Å². The van der Waals surface area contributed by atoms with Gasteiger partial charge in [-0.05, 0) is 83.9 Å². The zero-order valence-electron chi connectivity index (χ0n) is 33.5. The molecule has 0 fully saturated rings. The van der Waals surface area contributed by atoms with Gasteiger partial charge in [0.15, 0.2) is 17.5 Å². The van der Waals surface area contributed by atoms with Gasteiger partial charge < -0.3 is 4.74 Å². The van der Waals surface area contributed by atoms with Crippen LogP contribution in [0.5, 0.6) is 11.5 Å². The van der Waals surface area contributed by atoms with Crippen molar-refractivity contribution in [3.8, 4) is 67.9 Å². The van der Waals surface area contributed by atoms with Crippen LogP contribution in [-0.2, 0) is 5.41 Å². The Morgan fingerprint density at radius 2 is 0.758 bits per heavy atom. The van der Waals surface area contributed by atoms with Gasteiger partial charge in [0, 0.05) is 27.8 Å². The molecular formula is C58H35N3O. The van der Waals surface area contributed by atoms with Crippen LogP contribution in [0.3, 0.4) is 0 Å². The maximum absolute atomic E-state index is 6.80. The summed E-state index contributed by atoms with van der Waals surface area (Å²) in [7, 11) is 0. The average molecular weight is 790 g/mol. The average Bonchev–Trinajstić information content (AvgIpc) is 3.65. The van der Waals surface area contributed by atoms with Gasteiger partial charge >= 0.3 is 0 Å². The van der Waals surface area contributed by atoms with E-state index in [-0.39, 0.29) is 0 Å². The third-order valence-electron chi connectivity index (χ3n) is 13.0. The molecule has 0 N–H and O–H groups in total. The second-order valence-corrected chi connectivity index (χ2v) is 16.2. The second kappa shape index (κ2) is 13.4. The molecule has 1 aliphatic carbocycles. The lowest BCUT2D eigenvalue weighted by Gasteiger charge is -2.40. The van der Waals surface area contributed by atoms with Gasteiger partial charge in [-0.15, -0.1) is 0 Å². The van der Waals surface area contributed by atoms with E-state index >= 15 is 0 Å². The van der Waals surface area contributed by atoms with Crippen LogP contribution in [0.4, 0.5) is 0 Å². The molecule has 1 aromatic heterocycles. The molecule has 1 spiro atoms. The molecule has 11 aromatic rings. The zero-order chi connectivity index (χ0) is 40.8. The lowest BCUT2D eigenvalue weighted by molar-refractivity contribution is 0.436. The van der Waals surface area contributed by atoms with Gasteiger partial charge in [0.2, 0.25) is 0 Å². The minimum Gasteiger partial charge on any atom is -0.457 e. The fourth-order valence-electron chi connectivity index (χ4n) is 10.4. The minimum atomic E-state index is -0.735. The Kier molecular flexibility index (Phi) is 7.49. The van der Waals surface area contributed by atoms with Crippen molar-refractivity contribution >= 4 is 32.3 Å². The number of benzene rings is 10. The third-order valence-corrected chi connectivity index (χ3v) is 13.0. The molecule has 0 radical (unpaired) electrons. The Morgan fingerprint density at radius 1 is 0.306 bits per heavy atom. The summed E-state index contributed by atoms with van der Waals surface area (Å²) in [5.41, 5.74) is 11.3. The standard InChI is InChI=1S/C58H35N3O/c1-3-17-36(18-4-1)55-59-56(37-19-5-2-6-20-37)61-57(60-55)46-27-16-30-50-53(46)45-26-15-25-39(54(45)58(50)48-28-11-13-31-51(48)62-52-32-14-12-29-49(52)58)38-33-34-44-42-23-8-7-21-40(42)41-22-9-10-24-43(41)47(44)35-38/h1-35H. The van der Waals surface area contributed by atoms with Crippen LogP contribution in [0.25, 0.3) is 88.7 Å². The molecule has 4 nitrogen and oxygen atoms in total. The highest BCUT2D eigenvalue weighted by Crippen LogP contribution is 2.65. The van der Waals surface area contributed by atoms with E-state index in [1.807, 2.05) is 36.4 Å². The lowest BCUT2D eigenvalue weighted by Crippen LogP contribution is -2.32. The van der Waals surface area contributed by atoms with Gasteiger partial charge in [0.25, 0.3) is 0 Å². The number of hydrogen-bond acceptors (Lipinski definition) is 4. The number of fused-ring (bicyclic) bond motifs is 15. The zero-order valence-corrected chi connectivity index (χ0v) is 33.5. The smallest absolute Gasteiger partial charge is 0.164 e. The maximum atomic E-state index is 6.80. The van der Waals surface area contributed by atoms with Crippen molar-refractivity contribution in [3.05, 3.63) is 235 Å². The Bertz CT molecular complexity index is 3480. The van der Waals surface area contributed by atoms with E-state index in [1.165, 1.54) is 49.0 Å². The predicted octanol–water partition coefficient (Wildman–Crippen LogP) is 14.5. The predicted molar refractivity (Wildman–Crippen MR) is 251 cm³/mol. The first-order chi connectivity index (χ1) is 30.8. The van der Waals surface area contributed by atoms with Crippen LogP contribution in [0.15, 0.2) is 212 Å². The molecule has 62 heavy (non-hydrogen) atoms. The van der Waals surface area contributed by atoms with Crippen molar-refractivity contribution in [2.45, 2.75) is 5.41 Å². The first-order valence-corrected chi connectivity index (χ1v) is 21.1. The minimum absolute atomic E-state index is 0.626. The molecule has 2 heterocycles.